The van der Waals surface area contributed by atoms with Gasteiger partial charge in [-0.05, 0) is 55.9 Å². The van der Waals surface area contributed by atoms with Crippen LogP contribution in [0.5, 0.6) is 5.75 Å². The van der Waals surface area contributed by atoms with Gasteiger partial charge in [-0.3, -0.25) is 9.59 Å². The molecule has 2 aromatic carbocycles. The molecule has 0 saturated heterocycles. The molecule has 4 rings (SSSR count). The Morgan fingerprint density at radius 1 is 1.13 bits per heavy atom. The highest BCUT2D eigenvalue weighted by Crippen LogP contribution is 2.38. The van der Waals surface area contributed by atoms with Crippen LogP contribution in [0.25, 0.3) is 11.0 Å². The van der Waals surface area contributed by atoms with Crippen molar-refractivity contribution in [3.8, 4) is 5.75 Å². The minimum absolute atomic E-state index is 0.142. The zero-order valence-electron chi connectivity index (χ0n) is 17.8. The fraction of sp³-hybridized carbons (Fsp3) is 0.333. The van der Waals surface area contributed by atoms with Crippen LogP contribution >= 0.6 is 0 Å². The van der Waals surface area contributed by atoms with Crippen molar-refractivity contribution in [3.05, 3.63) is 75.1 Å². The van der Waals surface area contributed by atoms with E-state index in [4.69, 9.17) is 9.15 Å². The van der Waals surface area contributed by atoms with Crippen molar-refractivity contribution in [2.45, 2.75) is 19.4 Å². The molecule has 1 aliphatic rings. The smallest absolute Gasteiger partial charge is 0.290 e. The van der Waals surface area contributed by atoms with Crippen LogP contribution in [-0.4, -0.2) is 50.0 Å². The fourth-order valence-corrected chi connectivity index (χ4v) is 3.98. The quantitative estimate of drug-likeness (QED) is 0.627. The SMILES string of the molecule is CCc1ccc2oc3c(c(=O)c2c1)C(c1cccc(OC)c1)N(CCN(C)C)C3=O. The zero-order chi connectivity index (χ0) is 21.4. The standard InChI is InChI=1S/C24H26N2O4/c1-5-15-9-10-19-18(13-15)22(27)20-21(16-7-6-8-17(14-16)29-4)26(12-11-25(2)3)24(28)23(20)30-19/h6-10,13-14,21H,5,11-12H2,1-4H3. The molecule has 1 aliphatic heterocycles. The van der Waals surface area contributed by atoms with Gasteiger partial charge in [-0.15, -0.1) is 0 Å². The van der Waals surface area contributed by atoms with Crippen LogP contribution in [0.1, 0.15) is 40.2 Å². The zero-order valence-corrected chi connectivity index (χ0v) is 17.8. The van der Waals surface area contributed by atoms with Crippen molar-refractivity contribution in [2.24, 2.45) is 0 Å². The van der Waals surface area contributed by atoms with E-state index in [0.717, 1.165) is 17.5 Å². The average Bonchev–Trinajstić information content (AvgIpc) is 3.04. The normalized spacial score (nSPS) is 15.8. The predicted molar refractivity (Wildman–Crippen MR) is 116 cm³/mol. The van der Waals surface area contributed by atoms with E-state index in [9.17, 15) is 9.59 Å². The lowest BCUT2D eigenvalue weighted by Crippen LogP contribution is -2.35. The molecule has 2 heterocycles. The van der Waals surface area contributed by atoms with Crippen molar-refractivity contribution in [2.75, 3.05) is 34.3 Å². The van der Waals surface area contributed by atoms with Gasteiger partial charge in [0.1, 0.15) is 11.3 Å². The van der Waals surface area contributed by atoms with E-state index in [1.165, 1.54) is 0 Å². The Morgan fingerprint density at radius 3 is 2.63 bits per heavy atom. The summed E-state index contributed by atoms with van der Waals surface area (Å²) in [5, 5.41) is 0.517. The molecule has 0 bridgehead atoms. The lowest BCUT2D eigenvalue weighted by atomic mass is 9.97. The summed E-state index contributed by atoms with van der Waals surface area (Å²) in [7, 11) is 5.52. The Morgan fingerprint density at radius 2 is 1.93 bits per heavy atom. The molecule has 1 aromatic heterocycles. The average molecular weight is 406 g/mol. The minimum atomic E-state index is -0.506. The number of hydrogen-bond donors (Lipinski definition) is 0. The number of likely N-dealkylation sites (N-methyl/N-ethyl adjacent to an activating group) is 1. The van der Waals surface area contributed by atoms with Gasteiger partial charge in [-0.2, -0.15) is 0 Å². The Kier molecular flexibility index (Phi) is 5.35. The van der Waals surface area contributed by atoms with Crippen LogP contribution in [0.4, 0.5) is 0 Å². The second-order valence-corrected chi connectivity index (χ2v) is 7.84. The maximum atomic E-state index is 13.6. The van der Waals surface area contributed by atoms with Crippen molar-refractivity contribution < 1.29 is 13.9 Å². The molecule has 1 unspecified atom stereocenters. The summed E-state index contributed by atoms with van der Waals surface area (Å²) in [6.45, 7) is 3.20. The Balaban J connectivity index is 1.94. The number of methoxy groups -OCH3 is 1. The van der Waals surface area contributed by atoms with Crippen LogP contribution < -0.4 is 10.2 Å². The van der Waals surface area contributed by atoms with Gasteiger partial charge in [0, 0.05) is 13.1 Å². The van der Waals surface area contributed by atoms with Crippen LogP contribution in [0.3, 0.4) is 0 Å². The second-order valence-electron chi connectivity index (χ2n) is 7.84. The highest BCUT2D eigenvalue weighted by atomic mass is 16.5. The van der Waals surface area contributed by atoms with E-state index in [0.29, 0.717) is 35.4 Å². The van der Waals surface area contributed by atoms with E-state index in [1.807, 2.05) is 62.3 Å². The van der Waals surface area contributed by atoms with E-state index >= 15 is 0 Å². The third-order valence-corrected chi connectivity index (χ3v) is 5.64. The van der Waals surface area contributed by atoms with Crippen molar-refractivity contribution in [1.82, 2.24) is 9.80 Å². The molecule has 6 heteroatoms. The highest BCUT2D eigenvalue weighted by molar-refractivity contribution is 5.99. The molecule has 0 aliphatic carbocycles. The molecule has 3 aromatic rings. The van der Waals surface area contributed by atoms with Crippen LogP contribution in [0.15, 0.2) is 51.7 Å². The molecular weight excluding hydrogens is 380 g/mol. The van der Waals surface area contributed by atoms with Gasteiger partial charge in [-0.1, -0.05) is 25.1 Å². The van der Waals surface area contributed by atoms with Gasteiger partial charge >= 0.3 is 0 Å². The van der Waals surface area contributed by atoms with Crippen LogP contribution in [-0.2, 0) is 6.42 Å². The van der Waals surface area contributed by atoms with E-state index in [-0.39, 0.29) is 17.1 Å². The van der Waals surface area contributed by atoms with Gasteiger partial charge in [-0.25, -0.2) is 0 Å². The molecule has 0 radical (unpaired) electrons. The van der Waals surface area contributed by atoms with Gasteiger partial charge in [0.25, 0.3) is 5.91 Å². The Labute approximate surface area is 175 Å². The number of hydrogen-bond acceptors (Lipinski definition) is 5. The number of nitrogens with zero attached hydrogens (tertiary/aromatic N) is 2. The molecule has 0 fully saturated rings. The largest absolute Gasteiger partial charge is 0.497 e. The van der Waals surface area contributed by atoms with E-state index < -0.39 is 6.04 Å². The second kappa shape index (κ2) is 7.95. The summed E-state index contributed by atoms with van der Waals surface area (Å²) in [6, 6.07) is 12.6. The lowest BCUT2D eigenvalue weighted by molar-refractivity contribution is 0.0716. The predicted octanol–water partition coefficient (Wildman–Crippen LogP) is 3.47. The first kappa shape index (κ1) is 20.2. The maximum absolute atomic E-state index is 13.6. The van der Waals surface area contributed by atoms with Crippen molar-refractivity contribution >= 4 is 16.9 Å². The topological polar surface area (TPSA) is 63.0 Å². The summed E-state index contributed by atoms with van der Waals surface area (Å²) in [6.07, 6.45) is 0.819. The molecule has 1 amide bonds. The Hall–Kier alpha value is -3.12. The number of carbonyl (C=O) groups is 1. The molecular formula is C24H26N2O4. The third kappa shape index (κ3) is 3.37. The summed E-state index contributed by atoms with van der Waals surface area (Å²) in [5.74, 6) is 0.570. The summed E-state index contributed by atoms with van der Waals surface area (Å²) < 4.78 is 11.4. The first-order valence-electron chi connectivity index (χ1n) is 10.1. The first-order chi connectivity index (χ1) is 14.4. The van der Waals surface area contributed by atoms with Gasteiger partial charge < -0.3 is 19.0 Å². The molecule has 0 saturated carbocycles. The van der Waals surface area contributed by atoms with Crippen LogP contribution in [0, 0.1) is 0 Å². The molecule has 0 N–H and O–H groups in total. The summed E-state index contributed by atoms with van der Waals surface area (Å²) in [5.41, 5.74) is 2.60. The van der Waals surface area contributed by atoms with Gasteiger partial charge in [0.2, 0.25) is 5.76 Å². The van der Waals surface area contributed by atoms with Gasteiger partial charge in [0.15, 0.2) is 5.43 Å². The van der Waals surface area contributed by atoms with Crippen LogP contribution in [0.2, 0.25) is 0 Å². The number of aryl methyl sites for hydroxylation is 1. The maximum Gasteiger partial charge on any atom is 0.290 e. The molecule has 30 heavy (non-hydrogen) atoms. The van der Waals surface area contributed by atoms with Crippen molar-refractivity contribution in [1.29, 1.82) is 0 Å². The third-order valence-electron chi connectivity index (χ3n) is 5.64. The van der Waals surface area contributed by atoms with E-state index in [1.54, 1.807) is 18.1 Å². The monoisotopic (exact) mass is 406 g/mol. The molecule has 1 atom stereocenters. The highest BCUT2D eigenvalue weighted by Gasteiger charge is 2.42. The summed E-state index contributed by atoms with van der Waals surface area (Å²) in [4.78, 5) is 30.6. The number of amides is 1. The molecule has 6 nitrogen and oxygen atoms in total. The summed E-state index contributed by atoms with van der Waals surface area (Å²) >= 11 is 0. The number of benzene rings is 2. The van der Waals surface area contributed by atoms with E-state index in [2.05, 4.69) is 0 Å². The number of ether oxygens (including phenoxy) is 1. The number of carbonyl (C=O) groups excluding carboxylic acids is 1. The van der Waals surface area contributed by atoms with Crippen molar-refractivity contribution in [3.63, 3.8) is 0 Å². The minimum Gasteiger partial charge on any atom is -0.497 e. The molecule has 0 spiro atoms. The number of rotatable bonds is 6. The Bertz CT molecular complexity index is 1170. The number of fused-ring (bicyclic) bond motifs is 2. The fourth-order valence-electron chi connectivity index (χ4n) is 3.98. The lowest BCUT2D eigenvalue weighted by Gasteiger charge is -2.26. The molecule has 156 valence electrons. The van der Waals surface area contributed by atoms with Gasteiger partial charge in [0.05, 0.1) is 24.1 Å². The first-order valence-corrected chi connectivity index (χ1v) is 10.1.